The van der Waals surface area contributed by atoms with Crippen molar-refractivity contribution in [3.8, 4) is 0 Å². The van der Waals surface area contributed by atoms with Gasteiger partial charge in [-0.25, -0.2) is 4.79 Å². The number of hydrogen-bond acceptors (Lipinski definition) is 6. The van der Waals surface area contributed by atoms with Gasteiger partial charge in [-0.05, 0) is 6.92 Å². The van der Waals surface area contributed by atoms with Crippen LogP contribution < -0.4 is 27.8 Å². The Balaban J connectivity index is 5.00. The predicted molar refractivity (Wildman–Crippen MR) is 72.8 cm³/mol. The van der Waals surface area contributed by atoms with Crippen molar-refractivity contribution in [2.45, 2.75) is 37.9 Å². The number of carboxylic acids is 1. The average Bonchev–Trinajstić information content (AvgIpc) is 2.35. The number of primary amides is 2. The van der Waals surface area contributed by atoms with E-state index < -0.39 is 60.6 Å². The summed E-state index contributed by atoms with van der Waals surface area (Å²) in [7, 11) is 0. The third kappa shape index (κ3) is 7.19. The van der Waals surface area contributed by atoms with E-state index in [2.05, 4.69) is 5.32 Å². The molecule has 22 heavy (non-hydrogen) atoms. The van der Waals surface area contributed by atoms with Crippen molar-refractivity contribution >= 4 is 29.6 Å². The van der Waals surface area contributed by atoms with Gasteiger partial charge in [0, 0.05) is 0 Å². The Morgan fingerprint density at radius 3 is 1.68 bits per heavy atom. The summed E-state index contributed by atoms with van der Waals surface area (Å²) in [4.78, 5) is 56.0. The molecule has 124 valence electrons. The Bertz CT molecular complexity index is 478. The molecule has 0 aliphatic carbocycles. The Kier molecular flexibility index (Phi) is 7.52. The minimum absolute atomic E-state index is 0.562. The quantitative estimate of drug-likeness (QED) is 0.249. The largest absolute Gasteiger partial charge is 0.480 e. The van der Waals surface area contributed by atoms with Crippen LogP contribution in [-0.4, -0.2) is 52.8 Å². The summed E-state index contributed by atoms with van der Waals surface area (Å²) in [6.45, 7) is 1.35. The summed E-state index contributed by atoms with van der Waals surface area (Å²) in [5.41, 5.74) is 15.1. The Hall–Kier alpha value is -2.69. The summed E-state index contributed by atoms with van der Waals surface area (Å²) in [6.07, 6.45) is -1.21. The number of nitrogens with two attached hydrogens (primary N) is 3. The summed E-state index contributed by atoms with van der Waals surface area (Å²) in [5, 5.41) is 13.0. The number of carbonyl (C=O) groups excluding carboxylic acids is 4. The maximum absolute atomic E-state index is 11.9. The number of hydrogen-bond donors (Lipinski definition) is 6. The molecule has 0 heterocycles. The van der Waals surface area contributed by atoms with Gasteiger partial charge in [0.05, 0.1) is 18.9 Å². The number of rotatable bonds is 9. The van der Waals surface area contributed by atoms with Crippen LogP contribution in [0.3, 0.4) is 0 Å². The van der Waals surface area contributed by atoms with Gasteiger partial charge in [-0.3, -0.25) is 19.2 Å². The molecule has 0 fully saturated rings. The standard InChI is InChI=1S/C11H19N5O6/c1-4(12)9(19)15-5(2-7(13)17)10(20)16-6(11(21)22)3-8(14)18/h4-6H,2-3,12H2,1H3,(H2,13,17)(H2,14,18)(H,15,19)(H,16,20)(H,21,22). The van der Waals surface area contributed by atoms with Gasteiger partial charge in [-0.1, -0.05) is 0 Å². The number of carbonyl (C=O) groups is 5. The summed E-state index contributed by atoms with van der Waals surface area (Å²) in [6, 6.07) is -3.96. The van der Waals surface area contributed by atoms with Crippen molar-refractivity contribution in [2.75, 3.05) is 0 Å². The lowest BCUT2D eigenvalue weighted by atomic mass is 10.1. The Morgan fingerprint density at radius 1 is 0.909 bits per heavy atom. The fourth-order valence-electron chi connectivity index (χ4n) is 1.39. The second kappa shape index (κ2) is 8.56. The van der Waals surface area contributed by atoms with E-state index in [1.54, 1.807) is 0 Å². The van der Waals surface area contributed by atoms with Crippen molar-refractivity contribution in [3.63, 3.8) is 0 Å². The number of nitrogens with one attached hydrogen (secondary N) is 2. The highest BCUT2D eigenvalue weighted by Gasteiger charge is 2.29. The minimum atomic E-state index is -1.59. The first kappa shape index (κ1) is 19.3. The molecule has 0 saturated heterocycles. The van der Waals surface area contributed by atoms with Crippen LogP contribution in [-0.2, 0) is 24.0 Å². The van der Waals surface area contributed by atoms with Gasteiger partial charge in [-0.2, -0.15) is 0 Å². The summed E-state index contributed by atoms with van der Waals surface area (Å²) in [5.74, 6) is -5.07. The first-order valence-electron chi connectivity index (χ1n) is 6.20. The molecule has 4 amide bonds. The molecular weight excluding hydrogens is 298 g/mol. The normalized spacial score (nSPS) is 14.3. The molecule has 0 aliphatic rings. The number of aliphatic carboxylic acids is 1. The first-order chi connectivity index (χ1) is 10.0. The highest BCUT2D eigenvalue weighted by atomic mass is 16.4. The molecule has 11 nitrogen and oxygen atoms in total. The fraction of sp³-hybridized carbons (Fsp3) is 0.545. The van der Waals surface area contributed by atoms with Gasteiger partial charge in [0.15, 0.2) is 0 Å². The molecule has 0 aliphatic heterocycles. The van der Waals surface area contributed by atoms with Crippen LogP contribution >= 0.6 is 0 Å². The zero-order valence-corrected chi connectivity index (χ0v) is 11.9. The van der Waals surface area contributed by atoms with Crippen LogP contribution in [0.4, 0.5) is 0 Å². The van der Waals surface area contributed by atoms with Crippen molar-refractivity contribution < 1.29 is 29.1 Å². The molecule has 0 aromatic carbocycles. The van der Waals surface area contributed by atoms with Gasteiger partial charge in [0.1, 0.15) is 12.1 Å². The molecule has 0 bridgehead atoms. The van der Waals surface area contributed by atoms with E-state index in [-0.39, 0.29) is 0 Å². The third-order valence-electron chi connectivity index (χ3n) is 2.47. The molecule has 9 N–H and O–H groups in total. The van der Waals surface area contributed by atoms with Crippen LogP contribution in [0.2, 0.25) is 0 Å². The van der Waals surface area contributed by atoms with Crippen LogP contribution in [0.1, 0.15) is 19.8 Å². The monoisotopic (exact) mass is 317 g/mol. The smallest absolute Gasteiger partial charge is 0.326 e. The van der Waals surface area contributed by atoms with Gasteiger partial charge in [0.2, 0.25) is 23.6 Å². The van der Waals surface area contributed by atoms with E-state index in [4.69, 9.17) is 22.3 Å². The average molecular weight is 317 g/mol. The van der Waals surface area contributed by atoms with Crippen molar-refractivity contribution in [2.24, 2.45) is 17.2 Å². The van der Waals surface area contributed by atoms with Crippen molar-refractivity contribution in [1.82, 2.24) is 10.6 Å². The van der Waals surface area contributed by atoms with Gasteiger partial charge in [0.25, 0.3) is 0 Å². The predicted octanol–water partition coefficient (Wildman–Crippen LogP) is -3.86. The first-order valence-corrected chi connectivity index (χ1v) is 6.20. The topological polar surface area (TPSA) is 208 Å². The lowest BCUT2D eigenvalue weighted by Crippen LogP contribution is -2.55. The second-order valence-electron chi connectivity index (χ2n) is 4.59. The molecule has 11 heteroatoms. The van der Waals surface area contributed by atoms with Crippen molar-refractivity contribution in [1.29, 1.82) is 0 Å². The molecule has 0 rings (SSSR count). The molecule has 0 aromatic heterocycles. The van der Waals surface area contributed by atoms with Crippen LogP contribution in [0, 0.1) is 0 Å². The Labute approximate surface area is 125 Å². The van der Waals surface area contributed by atoms with Crippen molar-refractivity contribution in [3.05, 3.63) is 0 Å². The van der Waals surface area contributed by atoms with Crippen LogP contribution in [0.25, 0.3) is 0 Å². The summed E-state index contributed by atoms with van der Waals surface area (Å²) >= 11 is 0. The molecule has 3 unspecified atom stereocenters. The zero-order valence-electron chi connectivity index (χ0n) is 11.9. The molecule has 0 aromatic rings. The van der Waals surface area contributed by atoms with E-state index in [9.17, 15) is 24.0 Å². The second-order valence-corrected chi connectivity index (χ2v) is 4.59. The summed E-state index contributed by atoms with van der Waals surface area (Å²) < 4.78 is 0. The maximum atomic E-state index is 11.9. The van der Waals surface area contributed by atoms with E-state index in [0.29, 0.717) is 0 Å². The number of carboxylic acid groups (broad SMARTS) is 1. The SMILES string of the molecule is CC(N)C(=O)NC(CC(N)=O)C(=O)NC(CC(N)=O)C(=O)O. The highest BCUT2D eigenvalue weighted by Crippen LogP contribution is 1.98. The molecule has 0 spiro atoms. The molecule has 0 saturated carbocycles. The fourth-order valence-corrected chi connectivity index (χ4v) is 1.39. The lowest BCUT2D eigenvalue weighted by Gasteiger charge is -2.20. The number of amides is 4. The molecule has 0 radical (unpaired) electrons. The lowest BCUT2D eigenvalue weighted by molar-refractivity contribution is -0.143. The van der Waals surface area contributed by atoms with E-state index in [1.807, 2.05) is 5.32 Å². The third-order valence-corrected chi connectivity index (χ3v) is 2.47. The maximum Gasteiger partial charge on any atom is 0.326 e. The van der Waals surface area contributed by atoms with E-state index in [1.165, 1.54) is 6.92 Å². The van der Waals surface area contributed by atoms with Gasteiger partial charge < -0.3 is 32.9 Å². The zero-order chi connectivity index (χ0) is 17.4. The van der Waals surface area contributed by atoms with Crippen LogP contribution in [0.5, 0.6) is 0 Å². The van der Waals surface area contributed by atoms with E-state index >= 15 is 0 Å². The Morgan fingerprint density at radius 2 is 1.32 bits per heavy atom. The van der Waals surface area contributed by atoms with Gasteiger partial charge >= 0.3 is 5.97 Å². The van der Waals surface area contributed by atoms with E-state index in [0.717, 1.165) is 0 Å². The minimum Gasteiger partial charge on any atom is -0.480 e. The van der Waals surface area contributed by atoms with Gasteiger partial charge in [-0.15, -0.1) is 0 Å². The van der Waals surface area contributed by atoms with Crippen LogP contribution in [0.15, 0.2) is 0 Å². The molecule has 3 atom stereocenters. The molecular formula is C11H19N5O6. The highest BCUT2D eigenvalue weighted by molar-refractivity contribution is 5.95.